The predicted molar refractivity (Wildman–Crippen MR) is 83.8 cm³/mol. The summed E-state index contributed by atoms with van der Waals surface area (Å²) in [4.78, 5) is 17.2. The van der Waals surface area contributed by atoms with Crippen LogP contribution >= 0.6 is 0 Å². The number of nitrogens with zero attached hydrogens (tertiary/aromatic N) is 1. The molecule has 0 amide bonds. The van der Waals surface area contributed by atoms with E-state index in [0.717, 1.165) is 30.5 Å². The van der Waals surface area contributed by atoms with Crippen molar-refractivity contribution in [2.75, 3.05) is 6.61 Å². The second-order valence-corrected chi connectivity index (χ2v) is 5.43. The molecule has 2 rings (SSSR count). The Morgan fingerprint density at radius 3 is 2.68 bits per heavy atom. The van der Waals surface area contributed by atoms with Crippen molar-refractivity contribution >= 4 is 11.7 Å². The number of esters is 1. The maximum Gasteiger partial charge on any atom is 0.309 e. The molecule has 22 heavy (non-hydrogen) atoms. The number of oxime groups is 1. The number of rotatable bonds is 7. The molecule has 5 nitrogen and oxygen atoms in total. The van der Waals surface area contributed by atoms with Gasteiger partial charge in [-0.15, -0.1) is 0 Å². The summed E-state index contributed by atoms with van der Waals surface area (Å²) in [7, 11) is 0. The first-order valence-electron chi connectivity index (χ1n) is 7.84. The number of hydrogen-bond donors (Lipinski definition) is 1. The number of carbonyl (C=O) groups is 1. The summed E-state index contributed by atoms with van der Waals surface area (Å²) >= 11 is 0. The van der Waals surface area contributed by atoms with Crippen molar-refractivity contribution in [2.24, 2.45) is 11.1 Å². The topological polar surface area (TPSA) is 68.1 Å². The van der Waals surface area contributed by atoms with Crippen LogP contribution in [-0.2, 0) is 14.4 Å². The lowest BCUT2D eigenvalue weighted by molar-refractivity contribution is -0.146. The highest BCUT2D eigenvalue weighted by Crippen LogP contribution is 2.30. The first-order chi connectivity index (χ1) is 10.7. The van der Waals surface area contributed by atoms with Gasteiger partial charge in [0.2, 0.25) is 0 Å². The van der Waals surface area contributed by atoms with Crippen molar-refractivity contribution in [2.45, 2.75) is 45.6 Å². The summed E-state index contributed by atoms with van der Waals surface area (Å²) in [5.74, 6) is 0.0431. The van der Waals surface area contributed by atoms with E-state index in [1.807, 2.05) is 12.1 Å². The molecule has 0 fully saturated rings. The zero-order valence-corrected chi connectivity index (χ0v) is 13.1. The third-order valence-electron chi connectivity index (χ3n) is 3.79. The van der Waals surface area contributed by atoms with Crippen molar-refractivity contribution in [1.29, 1.82) is 0 Å². The summed E-state index contributed by atoms with van der Waals surface area (Å²) in [6.45, 7) is 4.30. The largest absolute Gasteiger partial charge is 0.508 e. The number of unbranched alkanes of at least 4 members (excludes halogenated alkanes) is 1. The minimum atomic E-state index is -0.269. The van der Waals surface area contributed by atoms with E-state index in [9.17, 15) is 9.90 Å². The number of phenolic OH excluding ortho intramolecular Hbond substituents is 1. The molecule has 1 aromatic carbocycles. The second-order valence-electron chi connectivity index (χ2n) is 5.43. The average Bonchev–Trinajstić information content (AvgIpc) is 2.89. The van der Waals surface area contributed by atoms with Crippen LogP contribution in [0.3, 0.4) is 0 Å². The molecular formula is C17H23NO4. The smallest absolute Gasteiger partial charge is 0.309 e. The zero-order chi connectivity index (χ0) is 15.9. The van der Waals surface area contributed by atoms with E-state index >= 15 is 0 Å². The summed E-state index contributed by atoms with van der Waals surface area (Å²) in [6.07, 6.45) is 2.98. The lowest BCUT2D eigenvalue weighted by Gasteiger charge is -2.18. The average molecular weight is 305 g/mol. The fourth-order valence-corrected chi connectivity index (χ4v) is 2.65. The number of phenols is 1. The molecule has 1 aliphatic rings. The standard InChI is InChI=1S/C17H23NO4/c1-3-5-6-14-15(11-16(20)21-4-2)22-18-17(14)12-7-9-13(19)10-8-12/h7-10,14-15,19H,3-6,11H2,1-2H3. The molecule has 1 aliphatic heterocycles. The minimum Gasteiger partial charge on any atom is -0.508 e. The van der Waals surface area contributed by atoms with Gasteiger partial charge in [0.1, 0.15) is 11.9 Å². The van der Waals surface area contributed by atoms with Crippen molar-refractivity contribution in [1.82, 2.24) is 0 Å². The van der Waals surface area contributed by atoms with Gasteiger partial charge in [0.15, 0.2) is 0 Å². The fourth-order valence-electron chi connectivity index (χ4n) is 2.65. The molecule has 0 spiro atoms. The number of ether oxygens (including phenoxy) is 1. The molecule has 0 bridgehead atoms. The van der Waals surface area contributed by atoms with Crippen LogP contribution in [0, 0.1) is 5.92 Å². The molecule has 2 unspecified atom stereocenters. The van der Waals surface area contributed by atoms with Gasteiger partial charge in [-0.05, 0) is 43.2 Å². The molecule has 0 aliphatic carbocycles. The lowest BCUT2D eigenvalue weighted by atomic mass is 9.87. The molecule has 0 saturated carbocycles. The van der Waals surface area contributed by atoms with E-state index in [-0.39, 0.29) is 30.2 Å². The molecule has 2 atom stereocenters. The van der Waals surface area contributed by atoms with E-state index < -0.39 is 0 Å². The molecule has 0 radical (unpaired) electrons. The van der Waals surface area contributed by atoms with Gasteiger partial charge < -0.3 is 14.7 Å². The van der Waals surface area contributed by atoms with Gasteiger partial charge in [-0.25, -0.2) is 0 Å². The van der Waals surface area contributed by atoms with Crippen molar-refractivity contribution in [3.63, 3.8) is 0 Å². The molecule has 0 saturated heterocycles. The first-order valence-corrected chi connectivity index (χ1v) is 7.84. The maximum absolute atomic E-state index is 11.7. The Hall–Kier alpha value is -2.04. The molecular weight excluding hydrogens is 282 g/mol. The van der Waals surface area contributed by atoms with Gasteiger partial charge in [-0.2, -0.15) is 0 Å². The molecule has 1 aromatic rings. The minimum absolute atomic E-state index is 0.0777. The third-order valence-corrected chi connectivity index (χ3v) is 3.79. The Bertz CT molecular complexity index is 524. The number of aromatic hydroxyl groups is 1. The normalized spacial score (nSPS) is 20.4. The molecule has 1 N–H and O–H groups in total. The first kappa shape index (κ1) is 16.3. The maximum atomic E-state index is 11.7. The Morgan fingerprint density at radius 1 is 1.32 bits per heavy atom. The lowest BCUT2D eigenvalue weighted by Crippen LogP contribution is -2.27. The van der Waals surface area contributed by atoms with Gasteiger partial charge >= 0.3 is 5.97 Å². The summed E-state index contributed by atoms with van der Waals surface area (Å²) < 4.78 is 5.01. The van der Waals surface area contributed by atoms with Gasteiger partial charge in [-0.3, -0.25) is 4.79 Å². The van der Waals surface area contributed by atoms with Crippen LogP contribution in [0.2, 0.25) is 0 Å². The van der Waals surface area contributed by atoms with E-state index in [0.29, 0.717) is 6.61 Å². The SMILES string of the molecule is CCCCC1C(c2ccc(O)cc2)=NOC1CC(=O)OCC. The molecule has 0 aromatic heterocycles. The van der Waals surface area contributed by atoms with Crippen LogP contribution in [0.1, 0.15) is 45.1 Å². The Kier molecular flexibility index (Phi) is 5.81. The number of carbonyl (C=O) groups excluding carboxylic acids is 1. The molecule has 120 valence electrons. The molecule has 5 heteroatoms. The predicted octanol–water partition coefficient (Wildman–Crippen LogP) is 3.25. The van der Waals surface area contributed by atoms with Gasteiger partial charge in [0, 0.05) is 5.92 Å². The van der Waals surface area contributed by atoms with Crippen LogP contribution in [0.5, 0.6) is 5.75 Å². The zero-order valence-electron chi connectivity index (χ0n) is 13.1. The number of hydrogen-bond acceptors (Lipinski definition) is 5. The fraction of sp³-hybridized carbons (Fsp3) is 0.529. The van der Waals surface area contributed by atoms with Gasteiger partial charge in [0.25, 0.3) is 0 Å². The summed E-state index contributed by atoms with van der Waals surface area (Å²) in [5.41, 5.74) is 1.77. The Balaban J connectivity index is 2.11. The Labute approximate surface area is 130 Å². The van der Waals surface area contributed by atoms with Gasteiger partial charge in [-0.1, -0.05) is 24.9 Å². The third kappa shape index (κ3) is 4.00. The van der Waals surface area contributed by atoms with E-state index in [1.165, 1.54) is 0 Å². The van der Waals surface area contributed by atoms with Crippen LogP contribution in [0.4, 0.5) is 0 Å². The second kappa shape index (κ2) is 7.82. The highest BCUT2D eigenvalue weighted by atomic mass is 16.6. The summed E-state index contributed by atoms with van der Waals surface area (Å²) in [5, 5.41) is 13.6. The van der Waals surface area contributed by atoms with E-state index in [4.69, 9.17) is 9.57 Å². The van der Waals surface area contributed by atoms with Crippen LogP contribution in [0.15, 0.2) is 29.4 Å². The van der Waals surface area contributed by atoms with Crippen LogP contribution in [0.25, 0.3) is 0 Å². The highest BCUT2D eigenvalue weighted by molar-refractivity contribution is 6.03. The Morgan fingerprint density at radius 2 is 2.05 bits per heavy atom. The molecule has 1 heterocycles. The summed E-state index contributed by atoms with van der Waals surface area (Å²) in [6, 6.07) is 6.91. The van der Waals surface area contributed by atoms with E-state index in [2.05, 4.69) is 12.1 Å². The van der Waals surface area contributed by atoms with Crippen molar-refractivity contribution in [3.05, 3.63) is 29.8 Å². The van der Waals surface area contributed by atoms with Crippen molar-refractivity contribution in [3.8, 4) is 5.75 Å². The van der Waals surface area contributed by atoms with E-state index in [1.54, 1.807) is 19.1 Å². The van der Waals surface area contributed by atoms with Crippen molar-refractivity contribution < 1.29 is 19.5 Å². The van der Waals surface area contributed by atoms with Crippen LogP contribution < -0.4 is 0 Å². The van der Waals surface area contributed by atoms with Crippen LogP contribution in [-0.4, -0.2) is 29.5 Å². The monoisotopic (exact) mass is 305 g/mol. The number of benzene rings is 1. The van der Waals surface area contributed by atoms with Gasteiger partial charge in [0.05, 0.1) is 18.7 Å². The quantitative estimate of drug-likeness (QED) is 0.785. The highest BCUT2D eigenvalue weighted by Gasteiger charge is 2.36.